The maximum Gasteiger partial charge on any atom is 0.315 e. The minimum absolute atomic E-state index is 0.0869. The summed E-state index contributed by atoms with van der Waals surface area (Å²) in [4.78, 5) is 48.0. The van der Waals surface area contributed by atoms with E-state index in [1.807, 2.05) is 0 Å². The first kappa shape index (κ1) is 22.7. The number of rotatable bonds is 7. The van der Waals surface area contributed by atoms with E-state index < -0.39 is 45.8 Å². The van der Waals surface area contributed by atoms with Crippen LogP contribution >= 0.6 is 11.8 Å². The lowest BCUT2D eigenvalue weighted by Gasteiger charge is -2.12. The average Bonchev–Trinajstić information content (AvgIpc) is 2.99. The van der Waals surface area contributed by atoms with Crippen molar-refractivity contribution in [3.8, 4) is 11.5 Å². The Bertz CT molecular complexity index is 1150. The van der Waals surface area contributed by atoms with Crippen molar-refractivity contribution in [2.24, 2.45) is 0 Å². The third-order valence-electron chi connectivity index (χ3n) is 4.19. The number of benzene rings is 2. The predicted molar refractivity (Wildman–Crippen MR) is 114 cm³/mol. The van der Waals surface area contributed by atoms with E-state index in [0.29, 0.717) is 16.7 Å². The number of nitrogens with one attached hydrogen (secondary N) is 1. The molecular formula is C20H16FN3O7S. The number of thioether (sulfide) groups is 1. The molecule has 0 radical (unpaired) electrons. The molecule has 1 heterocycles. The highest BCUT2D eigenvalue weighted by molar-refractivity contribution is 8.18. The van der Waals surface area contributed by atoms with E-state index in [9.17, 15) is 34.0 Å². The molecule has 0 aromatic heterocycles. The first-order chi connectivity index (χ1) is 15.2. The number of amides is 3. The van der Waals surface area contributed by atoms with Crippen molar-refractivity contribution in [3.63, 3.8) is 0 Å². The SMILES string of the molecule is CCOc1cc(/C=C2/SC(=O)N(CC(=O)Nc3ccccc3F)C2=O)cc([N+](=O)[O-])c1O. The summed E-state index contributed by atoms with van der Waals surface area (Å²) in [6, 6.07) is 7.73. The van der Waals surface area contributed by atoms with Gasteiger partial charge in [-0.2, -0.15) is 0 Å². The molecule has 12 heteroatoms. The Kier molecular flexibility index (Phi) is 6.73. The van der Waals surface area contributed by atoms with Crippen LogP contribution in [0.15, 0.2) is 41.3 Å². The molecule has 3 rings (SSSR count). The van der Waals surface area contributed by atoms with Crippen LogP contribution in [0.3, 0.4) is 0 Å². The van der Waals surface area contributed by atoms with Gasteiger partial charge in [-0.3, -0.25) is 29.4 Å². The topological polar surface area (TPSA) is 139 Å². The van der Waals surface area contributed by atoms with E-state index in [2.05, 4.69) is 5.32 Å². The van der Waals surface area contributed by atoms with E-state index in [4.69, 9.17) is 4.74 Å². The summed E-state index contributed by atoms with van der Waals surface area (Å²) in [6.45, 7) is 1.10. The van der Waals surface area contributed by atoms with Crippen LogP contribution in [0.2, 0.25) is 0 Å². The summed E-state index contributed by atoms with van der Waals surface area (Å²) in [5.41, 5.74) is -0.593. The summed E-state index contributed by atoms with van der Waals surface area (Å²) in [5.74, 6) is -3.06. The number of anilines is 1. The largest absolute Gasteiger partial charge is 0.500 e. The Labute approximate surface area is 184 Å². The Morgan fingerprint density at radius 2 is 2.06 bits per heavy atom. The molecule has 0 spiro atoms. The van der Waals surface area contributed by atoms with Crippen LogP contribution in [0.25, 0.3) is 6.08 Å². The number of hydrogen-bond donors (Lipinski definition) is 2. The van der Waals surface area contributed by atoms with Crippen LogP contribution < -0.4 is 10.1 Å². The zero-order valence-electron chi connectivity index (χ0n) is 16.5. The number of para-hydroxylation sites is 1. The standard InChI is InChI=1S/C20H16FN3O7S/c1-2-31-15-8-11(7-14(18(15)26)24(29)30)9-16-19(27)23(20(28)32-16)10-17(25)22-13-6-4-3-5-12(13)21/h3-9,26H,2,10H2,1H3,(H,22,25)/b16-9+. The predicted octanol–water partition coefficient (Wildman–Crippen LogP) is 3.51. The second-order valence-electron chi connectivity index (χ2n) is 6.37. The van der Waals surface area contributed by atoms with Gasteiger partial charge in [0.25, 0.3) is 11.1 Å². The fourth-order valence-electron chi connectivity index (χ4n) is 2.79. The van der Waals surface area contributed by atoms with Gasteiger partial charge in [0.15, 0.2) is 5.75 Å². The molecule has 1 aliphatic rings. The number of carbonyl (C=O) groups is 3. The van der Waals surface area contributed by atoms with Crippen molar-refractivity contribution in [3.05, 3.63) is 62.8 Å². The molecule has 10 nitrogen and oxygen atoms in total. The molecule has 3 amide bonds. The van der Waals surface area contributed by atoms with Crippen LogP contribution in [0.1, 0.15) is 12.5 Å². The third kappa shape index (κ3) is 4.86. The quantitative estimate of drug-likeness (QED) is 0.363. The summed E-state index contributed by atoms with van der Waals surface area (Å²) in [5, 5.41) is 22.7. The lowest BCUT2D eigenvalue weighted by atomic mass is 10.1. The molecule has 1 fully saturated rings. The number of ether oxygens (including phenoxy) is 1. The number of phenolic OH excluding ortho intramolecular Hbond substituents is 1. The molecule has 0 unspecified atom stereocenters. The molecule has 1 saturated heterocycles. The normalized spacial score (nSPS) is 14.7. The van der Waals surface area contributed by atoms with Crippen molar-refractivity contribution < 1.29 is 33.5 Å². The monoisotopic (exact) mass is 461 g/mol. The lowest BCUT2D eigenvalue weighted by Crippen LogP contribution is -2.36. The fourth-order valence-corrected chi connectivity index (χ4v) is 3.62. The maximum absolute atomic E-state index is 13.7. The summed E-state index contributed by atoms with van der Waals surface area (Å²) >= 11 is 0.537. The van der Waals surface area contributed by atoms with Crippen LogP contribution in [0.4, 0.5) is 20.6 Å². The van der Waals surface area contributed by atoms with Gasteiger partial charge in [0, 0.05) is 6.07 Å². The van der Waals surface area contributed by atoms with Gasteiger partial charge in [-0.25, -0.2) is 4.39 Å². The van der Waals surface area contributed by atoms with Gasteiger partial charge in [-0.15, -0.1) is 0 Å². The zero-order chi connectivity index (χ0) is 23.4. The molecular weight excluding hydrogens is 445 g/mol. The second-order valence-corrected chi connectivity index (χ2v) is 7.37. The highest BCUT2D eigenvalue weighted by Gasteiger charge is 2.36. The number of nitro benzene ring substituents is 1. The Morgan fingerprint density at radius 3 is 2.72 bits per heavy atom. The lowest BCUT2D eigenvalue weighted by molar-refractivity contribution is -0.386. The van der Waals surface area contributed by atoms with Crippen LogP contribution in [-0.2, 0) is 9.59 Å². The van der Waals surface area contributed by atoms with Gasteiger partial charge < -0.3 is 15.2 Å². The van der Waals surface area contributed by atoms with Crippen LogP contribution in [0, 0.1) is 15.9 Å². The van der Waals surface area contributed by atoms with Crippen molar-refractivity contribution in [2.45, 2.75) is 6.92 Å². The number of carbonyl (C=O) groups excluding carboxylic acids is 3. The molecule has 2 aromatic carbocycles. The molecule has 0 atom stereocenters. The van der Waals surface area contributed by atoms with Gasteiger partial charge in [0.1, 0.15) is 12.4 Å². The minimum Gasteiger partial charge on any atom is -0.500 e. The van der Waals surface area contributed by atoms with Gasteiger partial charge >= 0.3 is 5.69 Å². The number of nitrogens with zero attached hydrogens (tertiary/aromatic N) is 2. The molecule has 1 aliphatic heterocycles. The van der Waals surface area contributed by atoms with Gasteiger partial charge in [0.05, 0.1) is 22.1 Å². The van der Waals surface area contributed by atoms with Crippen molar-refractivity contribution in [1.29, 1.82) is 0 Å². The van der Waals surface area contributed by atoms with E-state index in [0.717, 1.165) is 12.1 Å². The van der Waals surface area contributed by atoms with Crippen LogP contribution in [-0.4, -0.2) is 45.1 Å². The molecule has 32 heavy (non-hydrogen) atoms. The molecule has 0 aliphatic carbocycles. The molecule has 0 bridgehead atoms. The molecule has 0 saturated carbocycles. The van der Waals surface area contributed by atoms with Crippen molar-refractivity contribution in [2.75, 3.05) is 18.5 Å². The third-order valence-corrected chi connectivity index (χ3v) is 5.10. The number of aromatic hydroxyl groups is 1. The summed E-state index contributed by atoms with van der Waals surface area (Å²) in [6.07, 6.45) is 1.22. The second kappa shape index (κ2) is 9.47. The van der Waals surface area contributed by atoms with Gasteiger partial charge in [-0.1, -0.05) is 12.1 Å². The summed E-state index contributed by atoms with van der Waals surface area (Å²) in [7, 11) is 0. The fraction of sp³-hybridized carbons (Fsp3) is 0.150. The number of nitro groups is 1. The Morgan fingerprint density at radius 1 is 1.34 bits per heavy atom. The highest BCUT2D eigenvalue weighted by Crippen LogP contribution is 2.39. The van der Waals surface area contributed by atoms with Crippen molar-refractivity contribution >= 4 is 46.3 Å². The van der Waals surface area contributed by atoms with Crippen molar-refractivity contribution in [1.82, 2.24) is 4.90 Å². The maximum atomic E-state index is 13.7. The zero-order valence-corrected chi connectivity index (χ0v) is 17.3. The smallest absolute Gasteiger partial charge is 0.315 e. The van der Waals surface area contributed by atoms with E-state index >= 15 is 0 Å². The average molecular weight is 461 g/mol. The van der Waals surface area contributed by atoms with Gasteiger partial charge in [-0.05, 0) is 48.5 Å². The Hall–Kier alpha value is -3.93. The van der Waals surface area contributed by atoms with Gasteiger partial charge in [0.2, 0.25) is 11.7 Å². The number of imide groups is 1. The number of hydrogen-bond acceptors (Lipinski definition) is 8. The summed E-state index contributed by atoms with van der Waals surface area (Å²) < 4.78 is 18.9. The van der Waals surface area contributed by atoms with Crippen LogP contribution in [0.5, 0.6) is 11.5 Å². The first-order valence-corrected chi connectivity index (χ1v) is 9.96. The number of phenols is 1. The first-order valence-electron chi connectivity index (χ1n) is 9.15. The van der Waals surface area contributed by atoms with E-state index in [1.54, 1.807) is 6.92 Å². The van der Waals surface area contributed by atoms with E-state index in [-0.39, 0.29) is 28.5 Å². The highest BCUT2D eigenvalue weighted by atomic mass is 32.2. The Balaban J connectivity index is 1.81. The molecule has 2 N–H and O–H groups in total. The number of halogens is 1. The molecule has 2 aromatic rings. The minimum atomic E-state index is -0.812. The molecule has 166 valence electrons. The van der Waals surface area contributed by atoms with E-state index in [1.165, 1.54) is 30.3 Å².